The molecule has 1 rings (SSSR count). The molecule has 0 radical (unpaired) electrons. The van der Waals surface area contributed by atoms with E-state index in [-0.39, 0.29) is 0 Å². The molecule has 0 spiro atoms. The lowest BCUT2D eigenvalue weighted by Gasteiger charge is -2.13. The first-order valence-corrected chi connectivity index (χ1v) is 6.23. The number of hydrogen-bond donors (Lipinski definition) is 1. The number of rotatable bonds is 7. The van der Waals surface area contributed by atoms with Crippen LogP contribution in [0.3, 0.4) is 0 Å². The molecule has 0 bridgehead atoms. The lowest BCUT2D eigenvalue weighted by atomic mass is 10.1. The van der Waals surface area contributed by atoms with Gasteiger partial charge in [-0.25, -0.2) is 0 Å². The van der Waals surface area contributed by atoms with Crippen molar-refractivity contribution in [2.75, 3.05) is 12.4 Å². The highest BCUT2D eigenvalue weighted by Crippen LogP contribution is 2.02. The van der Waals surface area contributed by atoms with Gasteiger partial charge in [-0.2, -0.15) is 0 Å². The quantitative estimate of drug-likeness (QED) is 0.555. The van der Waals surface area contributed by atoms with E-state index < -0.39 is 0 Å². The summed E-state index contributed by atoms with van der Waals surface area (Å²) >= 11 is 5.80. The molecule has 0 aliphatic rings. The molecule has 1 nitrogen and oxygen atoms in total. The van der Waals surface area contributed by atoms with Crippen LogP contribution in [-0.4, -0.2) is 18.5 Å². The number of halogens is 1. The van der Waals surface area contributed by atoms with E-state index in [0.29, 0.717) is 11.9 Å². The van der Waals surface area contributed by atoms with E-state index in [1.807, 2.05) is 0 Å². The summed E-state index contributed by atoms with van der Waals surface area (Å²) in [6.45, 7) is 3.22. The van der Waals surface area contributed by atoms with Gasteiger partial charge < -0.3 is 5.32 Å². The Labute approximate surface area is 97.8 Å². The van der Waals surface area contributed by atoms with E-state index in [0.717, 1.165) is 19.4 Å². The van der Waals surface area contributed by atoms with Gasteiger partial charge in [0, 0.05) is 11.9 Å². The molecule has 0 saturated heterocycles. The zero-order valence-electron chi connectivity index (χ0n) is 9.38. The van der Waals surface area contributed by atoms with Gasteiger partial charge in [0.15, 0.2) is 0 Å². The van der Waals surface area contributed by atoms with Crippen LogP contribution >= 0.6 is 11.6 Å². The highest BCUT2D eigenvalue weighted by molar-refractivity contribution is 6.18. The molecule has 0 aliphatic carbocycles. The van der Waals surface area contributed by atoms with Crippen LogP contribution in [0.2, 0.25) is 0 Å². The van der Waals surface area contributed by atoms with Crippen LogP contribution in [0.25, 0.3) is 0 Å². The predicted molar refractivity (Wildman–Crippen MR) is 67.6 cm³/mol. The third kappa shape index (κ3) is 5.19. The van der Waals surface area contributed by atoms with E-state index in [1.54, 1.807) is 0 Å². The van der Waals surface area contributed by atoms with Gasteiger partial charge in [0.05, 0.1) is 0 Å². The summed E-state index contributed by atoms with van der Waals surface area (Å²) in [6.07, 6.45) is 3.43. The SMILES string of the molecule is CCC(CCl)NCCCc1ccccc1. The molecule has 2 heteroatoms. The summed E-state index contributed by atoms with van der Waals surface area (Å²) in [5, 5.41) is 3.46. The maximum absolute atomic E-state index is 5.80. The first-order chi connectivity index (χ1) is 7.36. The summed E-state index contributed by atoms with van der Waals surface area (Å²) < 4.78 is 0. The van der Waals surface area contributed by atoms with E-state index in [1.165, 1.54) is 12.0 Å². The average Bonchev–Trinajstić information content (AvgIpc) is 2.31. The summed E-state index contributed by atoms with van der Waals surface area (Å²) in [4.78, 5) is 0. The zero-order chi connectivity index (χ0) is 10.9. The summed E-state index contributed by atoms with van der Waals surface area (Å²) in [7, 11) is 0. The van der Waals surface area contributed by atoms with Crippen molar-refractivity contribution in [2.24, 2.45) is 0 Å². The third-order valence-electron chi connectivity index (χ3n) is 2.60. The minimum Gasteiger partial charge on any atom is -0.313 e. The average molecular weight is 226 g/mol. The number of nitrogens with one attached hydrogen (secondary N) is 1. The molecule has 0 aromatic heterocycles. The monoisotopic (exact) mass is 225 g/mol. The van der Waals surface area contributed by atoms with Crippen molar-refractivity contribution in [2.45, 2.75) is 32.2 Å². The fourth-order valence-electron chi connectivity index (χ4n) is 1.55. The molecule has 1 aromatic carbocycles. The van der Waals surface area contributed by atoms with E-state index in [9.17, 15) is 0 Å². The molecule has 15 heavy (non-hydrogen) atoms. The molecule has 1 aromatic rings. The molecule has 0 amide bonds. The fraction of sp³-hybridized carbons (Fsp3) is 0.538. The van der Waals surface area contributed by atoms with E-state index in [4.69, 9.17) is 11.6 Å². The Kier molecular flexibility index (Phi) is 6.45. The minimum atomic E-state index is 0.474. The lowest BCUT2D eigenvalue weighted by Crippen LogP contribution is -2.30. The molecule has 0 saturated carbocycles. The number of aryl methyl sites for hydroxylation is 1. The predicted octanol–water partition coefficient (Wildman–Crippen LogP) is 3.23. The Hall–Kier alpha value is -0.530. The summed E-state index contributed by atoms with van der Waals surface area (Å²) in [5.41, 5.74) is 1.42. The minimum absolute atomic E-state index is 0.474. The van der Waals surface area contributed by atoms with Crippen molar-refractivity contribution in [3.8, 4) is 0 Å². The van der Waals surface area contributed by atoms with Crippen molar-refractivity contribution in [3.63, 3.8) is 0 Å². The van der Waals surface area contributed by atoms with Gasteiger partial charge in [0.1, 0.15) is 0 Å². The Bertz CT molecular complexity index is 244. The molecule has 1 N–H and O–H groups in total. The first-order valence-electron chi connectivity index (χ1n) is 5.70. The number of alkyl halides is 1. The highest BCUT2D eigenvalue weighted by atomic mass is 35.5. The van der Waals surface area contributed by atoms with Gasteiger partial charge in [-0.05, 0) is 31.4 Å². The largest absolute Gasteiger partial charge is 0.313 e. The van der Waals surface area contributed by atoms with Crippen LogP contribution in [0.4, 0.5) is 0 Å². The molecule has 0 aliphatic heterocycles. The Balaban J connectivity index is 2.12. The molecule has 0 heterocycles. The smallest absolute Gasteiger partial charge is 0.0377 e. The summed E-state index contributed by atoms with van der Waals surface area (Å²) in [6, 6.07) is 11.1. The number of benzene rings is 1. The number of hydrogen-bond acceptors (Lipinski definition) is 1. The Morgan fingerprint density at radius 2 is 2.00 bits per heavy atom. The summed E-state index contributed by atoms with van der Waals surface area (Å²) in [5.74, 6) is 0.710. The normalized spacial score (nSPS) is 12.7. The first kappa shape index (κ1) is 12.5. The molecular formula is C13H20ClN. The van der Waals surface area contributed by atoms with Crippen molar-refractivity contribution in [1.29, 1.82) is 0 Å². The Morgan fingerprint density at radius 3 is 2.60 bits per heavy atom. The van der Waals surface area contributed by atoms with Crippen molar-refractivity contribution < 1.29 is 0 Å². The van der Waals surface area contributed by atoms with Crippen LogP contribution in [-0.2, 0) is 6.42 Å². The van der Waals surface area contributed by atoms with Crippen LogP contribution < -0.4 is 5.32 Å². The fourth-order valence-corrected chi connectivity index (χ4v) is 1.88. The topological polar surface area (TPSA) is 12.0 Å². The van der Waals surface area contributed by atoms with Crippen LogP contribution in [0.5, 0.6) is 0 Å². The Morgan fingerprint density at radius 1 is 1.27 bits per heavy atom. The second-order valence-corrected chi connectivity index (χ2v) is 4.11. The van der Waals surface area contributed by atoms with Gasteiger partial charge in [-0.3, -0.25) is 0 Å². The van der Waals surface area contributed by atoms with Gasteiger partial charge in [-0.1, -0.05) is 37.3 Å². The van der Waals surface area contributed by atoms with Crippen LogP contribution in [0.1, 0.15) is 25.3 Å². The second kappa shape index (κ2) is 7.72. The van der Waals surface area contributed by atoms with Crippen LogP contribution in [0.15, 0.2) is 30.3 Å². The van der Waals surface area contributed by atoms with E-state index in [2.05, 4.69) is 42.6 Å². The van der Waals surface area contributed by atoms with Crippen LogP contribution in [0, 0.1) is 0 Å². The zero-order valence-corrected chi connectivity index (χ0v) is 10.1. The maximum Gasteiger partial charge on any atom is 0.0377 e. The standard InChI is InChI=1S/C13H20ClN/c1-2-13(11-14)15-10-6-9-12-7-4-3-5-8-12/h3-5,7-8,13,15H,2,6,9-11H2,1H3. The van der Waals surface area contributed by atoms with Gasteiger partial charge in [-0.15, -0.1) is 11.6 Å². The second-order valence-electron chi connectivity index (χ2n) is 3.80. The van der Waals surface area contributed by atoms with E-state index >= 15 is 0 Å². The third-order valence-corrected chi connectivity index (χ3v) is 2.97. The molecule has 0 fully saturated rings. The molecular weight excluding hydrogens is 206 g/mol. The van der Waals surface area contributed by atoms with Crippen molar-refractivity contribution in [3.05, 3.63) is 35.9 Å². The van der Waals surface area contributed by atoms with Crippen molar-refractivity contribution in [1.82, 2.24) is 5.32 Å². The lowest BCUT2D eigenvalue weighted by molar-refractivity contribution is 0.528. The highest BCUT2D eigenvalue weighted by Gasteiger charge is 2.01. The molecule has 1 atom stereocenters. The molecule has 1 unspecified atom stereocenters. The maximum atomic E-state index is 5.80. The van der Waals surface area contributed by atoms with Gasteiger partial charge in [0.25, 0.3) is 0 Å². The van der Waals surface area contributed by atoms with Crippen molar-refractivity contribution >= 4 is 11.6 Å². The molecule has 84 valence electrons. The van der Waals surface area contributed by atoms with Gasteiger partial charge >= 0.3 is 0 Å². The van der Waals surface area contributed by atoms with Gasteiger partial charge in [0.2, 0.25) is 0 Å².